The predicted molar refractivity (Wildman–Crippen MR) is 48.0 cm³/mol. The molecule has 1 aromatic heterocycles. The molecule has 0 aliphatic rings. The average molecular weight is 181 g/mol. The lowest BCUT2D eigenvalue weighted by atomic mass is 10.1. The first-order chi connectivity index (χ1) is 6.15. The fraction of sp³-hybridized carbons (Fsp3) is 0.222. The van der Waals surface area contributed by atoms with Crippen LogP contribution in [0.5, 0.6) is 0 Å². The van der Waals surface area contributed by atoms with Crippen LogP contribution in [-0.4, -0.2) is 22.8 Å². The molecule has 0 radical (unpaired) electrons. The predicted octanol–water partition coefficient (Wildman–Crippen LogP) is 1.10. The lowest BCUT2D eigenvalue weighted by Crippen LogP contribution is -1.99. The van der Waals surface area contributed by atoms with Gasteiger partial charge in [-0.15, -0.1) is 0 Å². The lowest BCUT2D eigenvalue weighted by Gasteiger charge is -1.97. The normalized spacial score (nSPS) is 11.4. The van der Waals surface area contributed by atoms with Gasteiger partial charge in [-0.1, -0.05) is 0 Å². The number of aromatic nitrogens is 1. The van der Waals surface area contributed by atoms with Gasteiger partial charge in [0.25, 0.3) is 0 Å². The Hall–Kier alpha value is -1.71. The van der Waals surface area contributed by atoms with Crippen molar-refractivity contribution in [3.8, 4) is 0 Å². The third kappa shape index (κ3) is 2.11. The van der Waals surface area contributed by atoms with Crippen LogP contribution in [0.15, 0.2) is 24.7 Å². The second kappa shape index (κ2) is 3.80. The minimum Gasteiger partial charge on any atom is -0.503 e. The van der Waals surface area contributed by atoms with E-state index in [0.717, 1.165) is 0 Å². The van der Waals surface area contributed by atoms with E-state index in [1.54, 1.807) is 23.0 Å². The van der Waals surface area contributed by atoms with Crippen LogP contribution in [0.3, 0.4) is 0 Å². The van der Waals surface area contributed by atoms with Gasteiger partial charge in [0.1, 0.15) is 5.57 Å². The largest absolute Gasteiger partial charge is 0.503 e. The van der Waals surface area contributed by atoms with E-state index in [1.807, 2.05) is 7.05 Å². The smallest absolute Gasteiger partial charge is 0.339 e. The quantitative estimate of drug-likeness (QED) is 0.561. The van der Waals surface area contributed by atoms with E-state index in [4.69, 9.17) is 5.11 Å². The zero-order chi connectivity index (χ0) is 9.84. The van der Waals surface area contributed by atoms with Crippen molar-refractivity contribution in [3.05, 3.63) is 30.3 Å². The van der Waals surface area contributed by atoms with Crippen molar-refractivity contribution in [2.24, 2.45) is 7.05 Å². The monoisotopic (exact) mass is 181 g/mol. The number of methoxy groups -OCH3 is 1. The highest BCUT2D eigenvalue weighted by Gasteiger charge is 2.11. The maximum atomic E-state index is 10.7. The summed E-state index contributed by atoms with van der Waals surface area (Å²) in [6.45, 7) is 0. The van der Waals surface area contributed by atoms with Crippen molar-refractivity contribution < 1.29 is 14.6 Å². The van der Waals surface area contributed by atoms with Crippen molar-refractivity contribution in [1.29, 1.82) is 0 Å². The number of aliphatic carboxylic acids is 1. The molecule has 0 spiro atoms. The first-order valence-electron chi connectivity index (χ1n) is 3.73. The molecule has 4 heteroatoms. The number of rotatable bonds is 3. The van der Waals surface area contributed by atoms with Gasteiger partial charge in [0.15, 0.2) is 0 Å². The number of aryl methyl sites for hydroxylation is 1. The number of carboxylic acid groups (broad SMARTS) is 1. The molecule has 0 aromatic carbocycles. The Morgan fingerprint density at radius 1 is 1.69 bits per heavy atom. The number of hydrogen-bond acceptors (Lipinski definition) is 2. The molecule has 0 aliphatic heterocycles. The van der Waals surface area contributed by atoms with Gasteiger partial charge in [-0.2, -0.15) is 0 Å². The van der Waals surface area contributed by atoms with Gasteiger partial charge < -0.3 is 14.4 Å². The van der Waals surface area contributed by atoms with Gasteiger partial charge >= 0.3 is 5.97 Å². The number of hydrogen-bond donors (Lipinski definition) is 1. The van der Waals surface area contributed by atoms with E-state index in [-0.39, 0.29) is 5.57 Å². The molecular weight excluding hydrogens is 170 g/mol. The lowest BCUT2D eigenvalue weighted by molar-refractivity contribution is -0.130. The molecule has 0 fully saturated rings. The highest BCUT2D eigenvalue weighted by Crippen LogP contribution is 2.14. The first kappa shape index (κ1) is 9.38. The molecule has 1 aromatic rings. The third-order valence-electron chi connectivity index (χ3n) is 1.61. The van der Waals surface area contributed by atoms with Crippen LogP contribution in [0, 0.1) is 0 Å². The van der Waals surface area contributed by atoms with Gasteiger partial charge in [-0.3, -0.25) is 0 Å². The third-order valence-corrected chi connectivity index (χ3v) is 1.61. The zero-order valence-corrected chi connectivity index (χ0v) is 7.52. The highest BCUT2D eigenvalue weighted by atomic mass is 16.5. The van der Waals surface area contributed by atoms with Crippen molar-refractivity contribution in [2.45, 2.75) is 0 Å². The van der Waals surface area contributed by atoms with Crippen LogP contribution in [-0.2, 0) is 16.6 Å². The summed E-state index contributed by atoms with van der Waals surface area (Å²) in [5.41, 5.74) is 0.792. The summed E-state index contributed by atoms with van der Waals surface area (Å²) in [6, 6.07) is 1.72. The standard InChI is InChI=1S/C9H11NO3/c1-10-4-3-7(5-10)8(6-13-2)9(11)12/h3-6H,1-2H3,(H,11,12)/b8-6+. The molecule has 4 nitrogen and oxygen atoms in total. The Morgan fingerprint density at radius 2 is 2.38 bits per heavy atom. The summed E-state index contributed by atoms with van der Waals surface area (Å²) in [7, 11) is 3.25. The van der Waals surface area contributed by atoms with E-state index in [1.165, 1.54) is 13.4 Å². The van der Waals surface area contributed by atoms with Crippen molar-refractivity contribution in [3.63, 3.8) is 0 Å². The Kier molecular flexibility index (Phi) is 2.74. The van der Waals surface area contributed by atoms with E-state index >= 15 is 0 Å². The van der Waals surface area contributed by atoms with Gasteiger partial charge in [-0.25, -0.2) is 4.79 Å². The highest BCUT2D eigenvalue weighted by molar-refractivity contribution is 6.14. The fourth-order valence-corrected chi connectivity index (χ4v) is 1.02. The Bertz CT molecular complexity index is 338. The van der Waals surface area contributed by atoms with Crippen molar-refractivity contribution >= 4 is 11.5 Å². The van der Waals surface area contributed by atoms with Crippen LogP contribution < -0.4 is 0 Å². The summed E-state index contributed by atoms with van der Waals surface area (Å²) in [6.07, 6.45) is 4.72. The molecule has 0 amide bonds. The van der Waals surface area contributed by atoms with Crippen molar-refractivity contribution in [2.75, 3.05) is 7.11 Å². The minimum atomic E-state index is -0.993. The molecule has 1 rings (SSSR count). The molecule has 0 saturated heterocycles. The number of carboxylic acids is 1. The minimum absolute atomic E-state index is 0.156. The molecule has 0 saturated carbocycles. The summed E-state index contributed by atoms with van der Waals surface area (Å²) < 4.78 is 6.46. The SMILES string of the molecule is CO/C=C(/C(=O)O)c1ccn(C)c1. The number of nitrogens with zero attached hydrogens (tertiary/aromatic N) is 1. The Balaban J connectivity index is 3.02. The van der Waals surface area contributed by atoms with Crippen LogP contribution >= 0.6 is 0 Å². The van der Waals surface area contributed by atoms with E-state index < -0.39 is 5.97 Å². The molecular formula is C9H11NO3. The topological polar surface area (TPSA) is 51.5 Å². The summed E-state index contributed by atoms with van der Waals surface area (Å²) in [5, 5.41) is 8.81. The van der Waals surface area contributed by atoms with Gasteiger partial charge in [-0.05, 0) is 6.07 Å². The summed E-state index contributed by atoms with van der Waals surface area (Å²) >= 11 is 0. The summed E-state index contributed by atoms with van der Waals surface area (Å²) in [5.74, 6) is -0.993. The van der Waals surface area contributed by atoms with Gasteiger partial charge in [0, 0.05) is 25.0 Å². The molecule has 70 valence electrons. The second-order valence-electron chi connectivity index (χ2n) is 2.64. The molecule has 13 heavy (non-hydrogen) atoms. The van der Waals surface area contributed by atoms with Crippen LogP contribution in [0.2, 0.25) is 0 Å². The van der Waals surface area contributed by atoms with E-state index in [9.17, 15) is 4.79 Å². The van der Waals surface area contributed by atoms with E-state index in [0.29, 0.717) is 5.56 Å². The molecule has 0 bridgehead atoms. The van der Waals surface area contributed by atoms with Gasteiger partial charge in [0.05, 0.1) is 13.4 Å². The van der Waals surface area contributed by atoms with Crippen LogP contribution in [0.25, 0.3) is 5.57 Å². The molecule has 0 aliphatic carbocycles. The molecule has 1 heterocycles. The summed E-state index contributed by atoms with van der Waals surface area (Å²) in [4.78, 5) is 10.7. The first-order valence-corrected chi connectivity index (χ1v) is 3.73. The Morgan fingerprint density at radius 3 is 2.77 bits per heavy atom. The fourth-order valence-electron chi connectivity index (χ4n) is 1.02. The Labute approximate surface area is 76.1 Å². The number of ether oxygens (including phenoxy) is 1. The molecule has 1 N–H and O–H groups in total. The number of carbonyl (C=O) groups is 1. The molecule has 0 unspecified atom stereocenters. The average Bonchev–Trinajstić information content (AvgIpc) is 2.46. The van der Waals surface area contributed by atoms with Crippen LogP contribution in [0.4, 0.5) is 0 Å². The van der Waals surface area contributed by atoms with Gasteiger partial charge in [0.2, 0.25) is 0 Å². The zero-order valence-electron chi connectivity index (χ0n) is 7.52. The molecule has 0 atom stereocenters. The maximum absolute atomic E-state index is 10.7. The maximum Gasteiger partial charge on any atom is 0.339 e. The van der Waals surface area contributed by atoms with Crippen molar-refractivity contribution in [1.82, 2.24) is 4.57 Å². The van der Waals surface area contributed by atoms with E-state index in [2.05, 4.69) is 4.74 Å². The second-order valence-corrected chi connectivity index (χ2v) is 2.64. The van der Waals surface area contributed by atoms with Crippen LogP contribution in [0.1, 0.15) is 5.56 Å².